The van der Waals surface area contributed by atoms with Gasteiger partial charge in [0.25, 0.3) is 0 Å². The molecule has 3 aliphatic carbocycles. The van der Waals surface area contributed by atoms with E-state index < -0.39 is 0 Å². The number of hydrogen-bond donors (Lipinski definition) is 2. The van der Waals surface area contributed by atoms with E-state index in [0.717, 1.165) is 37.4 Å². The number of aliphatic hydroxyl groups excluding tert-OH is 1. The van der Waals surface area contributed by atoms with Crippen LogP contribution in [0.25, 0.3) is 0 Å². The molecule has 0 radical (unpaired) electrons. The van der Waals surface area contributed by atoms with E-state index in [9.17, 15) is 9.90 Å². The molecular weight excluding hydrogens is 418 g/mol. The maximum atomic E-state index is 11.2. The molecule has 5 atom stereocenters. The monoisotopic (exact) mass is 449 g/mol. The number of ether oxygens (including phenoxy) is 1. The van der Waals surface area contributed by atoms with Crippen LogP contribution in [0.2, 0.25) is 0 Å². The van der Waals surface area contributed by atoms with Crippen LogP contribution in [0.1, 0.15) is 62.5 Å². The van der Waals surface area contributed by atoms with Gasteiger partial charge in [-0.15, -0.1) is 0 Å². The first-order valence-corrected chi connectivity index (χ1v) is 11.9. The Bertz CT molecular complexity index is 724. The van der Waals surface area contributed by atoms with Crippen molar-refractivity contribution in [1.82, 2.24) is 5.32 Å². The minimum absolute atomic E-state index is 0.0155. The standard InChI is InChI=1S/C23H32BrNO3/c1-23-10-9-18-17-6-4-16(28-12-2-11-25-22(27)14-24)13-15(17)3-5-19(18)20(23)7-8-21(23)26/h4,6,13,18-21,26H,2-3,5,7-12,14H2,1H3,(H,25,27)/t18-,19-,20+,21+,23+/m1/s1. The summed E-state index contributed by atoms with van der Waals surface area (Å²) in [5, 5.41) is 13.7. The van der Waals surface area contributed by atoms with Gasteiger partial charge in [-0.2, -0.15) is 0 Å². The number of carbonyl (C=O) groups is 1. The third-order valence-corrected chi connectivity index (χ3v) is 8.19. The van der Waals surface area contributed by atoms with Crippen molar-refractivity contribution in [2.45, 2.75) is 63.9 Å². The molecule has 1 aromatic rings. The van der Waals surface area contributed by atoms with Crippen LogP contribution in [0.4, 0.5) is 0 Å². The molecule has 2 fully saturated rings. The second-order valence-electron chi connectivity index (χ2n) is 9.10. The molecule has 28 heavy (non-hydrogen) atoms. The van der Waals surface area contributed by atoms with E-state index in [4.69, 9.17) is 4.74 Å². The molecule has 0 bridgehead atoms. The van der Waals surface area contributed by atoms with Crippen LogP contribution in [0.5, 0.6) is 5.75 Å². The van der Waals surface area contributed by atoms with Gasteiger partial charge in [0.05, 0.1) is 18.0 Å². The van der Waals surface area contributed by atoms with Gasteiger partial charge in [0.2, 0.25) is 5.91 Å². The van der Waals surface area contributed by atoms with Gasteiger partial charge in [-0.3, -0.25) is 4.79 Å². The summed E-state index contributed by atoms with van der Waals surface area (Å²) in [4.78, 5) is 11.2. The molecule has 2 saturated carbocycles. The van der Waals surface area contributed by atoms with Gasteiger partial charge in [-0.1, -0.05) is 28.9 Å². The molecule has 4 nitrogen and oxygen atoms in total. The van der Waals surface area contributed by atoms with E-state index in [2.05, 4.69) is 46.4 Å². The summed E-state index contributed by atoms with van der Waals surface area (Å²) in [7, 11) is 0. The van der Waals surface area contributed by atoms with E-state index in [1.807, 2.05) is 0 Å². The highest BCUT2D eigenvalue weighted by Crippen LogP contribution is 2.60. The zero-order chi connectivity index (χ0) is 19.7. The molecule has 0 saturated heterocycles. The Balaban J connectivity index is 1.37. The topological polar surface area (TPSA) is 58.6 Å². The molecule has 154 valence electrons. The molecule has 5 heteroatoms. The summed E-state index contributed by atoms with van der Waals surface area (Å²) in [6, 6.07) is 6.65. The number of hydrogen-bond acceptors (Lipinski definition) is 3. The molecule has 0 spiro atoms. The van der Waals surface area contributed by atoms with Crippen LogP contribution in [0, 0.1) is 17.3 Å². The Labute approximate surface area is 176 Å². The van der Waals surface area contributed by atoms with Crippen molar-refractivity contribution in [2.75, 3.05) is 18.5 Å². The van der Waals surface area contributed by atoms with E-state index in [1.54, 1.807) is 0 Å². The van der Waals surface area contributed by atoms with Crippen LogP contribution in [0.15, 0.2) is 18.2 Å². The van der Waals surface area contributed by atoms with Gasteiger partial charge < -0.3 is 15.2 Å². The van der Waals surface area contributed by atoms with E-state index in [0.29, 0.717) is 30.3 Å². The number of carbonyl (C=O) groups excluding carboxylic acids is 1. The molecule has 3 aliphatic rings. The number of aryl methyl sites for hydroxylation is 1. The molecule has 1 aromatic carbocycles. The summed E-state index contributed by atoms with van der Waals surface area (Å²) < 4.78 is 5.93. The first-order valence-electron chi connectivity index (χ1n) is 10.8. The van der Waals surface area contributed by atoms with Crippen LogP contribution >= 0.6 is 15.9 Å². The van der Waals surface area contributed by atoms with E-state index >= 15 is 0 Å². The minimum atomic E-state index is -0.102. The Morgan fingerprint density at radius 2 is 2.18 bits per heavy atom. The van der Waals surface area contributed by atoms with Crippen LogP contribution in [-0.4, -0.2) is 35.6 Å². The molecule has 0 unspecified atom stereocenters. The molecule has 0 aliphatic heterocycles. The minimum Gasteiger partial charge on any atom is -0.494 e. The lowest BCUT2D eigenvalue weighted by atomic mass is 9.55. The van der Waals surface area contributed by atoms with Crippen LogP contribution < -0.4 is 10.1 Å². The van der Waals surface area contributed by atoms with Gasteiger partial charge in [0.1, 0.15) is 5.75 Å². The third-order valence-electron chi connectivity index (χ3n) is 7.68. The van der Waals surface area contributed by atoms with Crippen molar-refractivity contribution in [1.29, 1.82) is 0 Å². The summed E-state index contributed by atoms with van der Waals surface area (Å²) >= 11 is 3.14. The third kappa shape index (κ3) is 3.72. The van der Waals surface area contributed by atoms with Gasteiger partial charge in [-0.05, 0) is 91.4 Å². The number of rotatable bonds is 6. The fraction of sp³-hybridized carbons (Fsp3) is 0.696. The summed E-state index contributed by atoms with van der Waals surface area (Å²) in [5.41, 5.74) is 3.12. The zero-order valence-corrected chi connectivity index (χ0v) is 18.3. The average Bonchev–Trinajstić information content (AvgIpc) is 3.02. The maximum absolute atomic E-state index is 11.2. The number of fused-ring (bicyclic) bond motifs is 5. The maximum Gasteiger partial charge on any atom is 0.230 e. The summed E-state index contributed by atoms with van der Waals surface area (Å²) in [6.07, 6.45) is 7.61. The highest BCUT2D eigenvalue weighted by molar-refractivity contribution is 9.09. The van der Waals surface area contributed by atoms with Crippen molar-refractivity contribution in [3.8, 4) is 5.75 Å². The molecule has 0 aromatic heterocycles. The Hall–Kier alpha value is -1.07. The number of nitrogens with one attached hydrogen (secondary N) is 1. The Morgan fingerprint density at radius 3 is 3.00 bits per heavy atom. The highest BCUT2D eigenvalue weighted by atomic mass is 79.9. The van der Waals surface area contributed by atoms with Crippen LogP contribution in [-0.2, 0) is 11.2 Å². The molecule has 0 heterocycles. The van der Waals surface area contributed by atoms with Crippen molar-refractivity contribution >= 4 is 21.8 Å². The van der Waals surface area contributed by atoms with Crippen molar-refractivity contribution in [2.24, 2.45) is 17.3 Å². The normalized spacial score (nSPS) is 33.5. The largest absolute Gasteiger partial charge is 0.494 e. The predicted molar refractivity (Wildman–Crippen MR) is 114 cm³/mol. The number of aliphatic hydroxyl groups is 1. The van der Waals surface area contributed by atoms with Gasteiger partial charge in [0.15, 0.2) is 0 Å². The summed E-state index contributed by atoms with van der Waals surface area (Å²) in [5.74, 6) is 3.02. The van der Waals surface area contributed by atoms with Gasteiger partial charge in [-0.25, -0.2) is 0 Å². The lowest BCUT2D eigenvalue weighted by Gasteiger charge is -2.50. The van der Waals surface area contributed by atoms with Gasteiger partial charge in [0, 0.05) is 6.54 Å². The SMILES string of the molecule is C[C@]12CC[C@@H]3c4ccc(OCCCNC(=O)CBr)cc4CC[C@H]3[C@@H]1CC[C@@H]2O. The molecule has 1 amide bonds. The fourth-order valence-corrected chi connectivity index (χ4v) is 6.36. The van der Waals surface area contributed by atoms with E-state index in [1.165, 1.54) is 30.4 Å². The van der Waals surface area contributed by atoms with Crippen molar-refractivity contribution in [3.63, 3.8) is 0 Å². The Kier molecular flexibility index (Phi) is 6.03. The van der Waals surface area contributed by atoms with Crippen molar-refractivity contribution < 1.29 is 14.6 Å². The lowest BCUT2D eigenvalue weighted by Crippen LogP contribution is -2.43. The number of amides is 1. The second-order valence-corrected chi connectivity index (χ2v) is 9.66. The first kappa shape index (κ1) is 20.2. The lowest BCUT2D eigenvalue weighted by molar-refractivity contribution is -0.118. The summed E-state index contributed by atoms with van der Waals surface area (Å²) in [6.45, 7) is 3.59. The smallest absolute Gasteiger partial charge is 0.230 e. The number of halogens is 1. The fourth-order valence-electron chi connectivity index (χ4n) is 6.16. The number of alkyl halides is 1. The Morgan fingerprint density at radius 1 is 1.32 bits per heavy atom. The zero-order valence-electron chi connectivity index (χ0n) is 16.8. The van der Waals surface area contributed by atoms with E-state index in [-0.39, 0.29) is 17.4 Å². The average molecular weight is 450 g/mol. The second kappa shape index (κ2) is 8.35. The molecule has 4 rings (SSSR count). The number of benzene rings is 1. The molecular formula is C23H32BrNO3. The quantitative estimate of drug-likeness (QED) is 0.505. The first-order chi connectivity index (χ1) is 13.5. The molecule has 2 N–H and O–H groups in total. The van der Waals surface area contributed by atoms with Gasteiger partial charge >= 0.3 is 0 Å². The van der Waals surface area contributed by atoms with Crippen LogP contribution in [0.3, 0.4) is 0 Å². The predicted octanol–water partition coefficient (Wildman–Crippen LogP) is 4.18. The highest BCUT2D eigenvalue weighted by Gasteiger charge is 2.54. The van der Waals surface area contributed by atoms with Crippen molar-refractivity contribution in [3.05, 3.63) is 29.3 Å².